The summed E-state index contributed by atoms with van der Waals surface area (Å²) >= 11 is 0. The van der Waals surface area contributed by atoms with Gasteiger partial charge < -0.3 is 79.9 Å². The topological polar surface area (TPSA) is 383 Å². The maximum atomic E-state index is 13.3. The minimum Gasteiger partial charge on any atom is -0.504 e. The Hall–Kier alpha value is -10.4. The minimum absolute atomic E-state index is 0.331. The van der Waals surface area contributed by atoms with Gasteiger partial charge in [-0.3, -0.25) is 5.10 Å². The molecule has 6 aromatic carbocycles. The van der Waals surface area contributed by atoms with Crippen molar-refractivity contribution in [2.24, 2.45) is 0 Å². The lowest BCUT2D eigenvalue weighted by Gasteiger charge is -2.13. The number of aromatic amines is 1. The van der Waals surface area contributed by atoms with E-state index in [0.717, 1.165) is 17.7 Å². The first-order chi connectivity index (χ1) is 33.6. The highest BCUT2D eigenvalue weighted by molar-refractivity contribution is 5.98. The number of ether oxygens (including phenoxy) is 5. The van der Waals surface area contributed by atoms with Crippen molar-refractivity contribution in [1.29, 1.82) is 0 Å². The second kappa shape index (κ2) is 19.8. The van der Waals surface area contributed by atoms with Crippen LogP contribution in [0.25, 0.3) is 0 Å². The number of phenols is 11. The Bertz CT molecular complexity index is 3270. The second-order valence-corrected chi connectivity index (χ2v) is 14.9. The predicted octanol–water partition coefficient (Wildman–Crippen LogP) is 5.33. The van der Waals surface area contributed by atoms with Gasteiger partial charge in [0.05, 0.1) is 39.2 Å². The summed E-state index contributed by atoms with van der Waals surface area (Å²) in [6.07, 6.45) is 1.02. The van der Waals surface area contributed by atoms with E-state index in [2.05, 4.69) is 10.2 Å². The number of nitrogens with one attached hydrogen (secondary N) is 1. The van der Waals surface area contributed by atoms with Crippen molar-refractivity contribution in [3.05, 3.63) is 142 Å². The molecule has 12 N–H and O–H groups in total. The van der Waals surface area contributed by atoms with Crippen LogP contribution in [0.5, 0.6) is 86.2 Å². The number of halogens is 1. The van der Waals surface area contributed by atoms with Crippen LogP contribution in [-0.2, 0) is 24.2 Å². The van der Waals surface area contributed by atoms with Gasteiger partial charge in [-0.1, -0.05) is 12.1 Å². The van der Waals surface area contributed by atoms with Gasteiger partial charge in [0.2, 0.25) is 23.0 Å². The SMILES string of the molecule is O=C(OCc1cc(CCc2ccc(F)cc2)n[nH]1)c1cc(O)c(O)c(OC(=O)c2cc(O)c(O)c(OC(=O)c3cc(O)c(O)c(OC(=O)c4cc(O)c(O)c(OC(=O)c5cc(O)c(O)c(O)c5)c4)c3)c2)c1. The summed E-state index contributed by atoms with van der Waals surface area (Å²) in [6.45, 7) is -0.331. The van der Waals surface area contributed by atoms with Crippen molar-refractivity contribution in [3.63, 3.8) is 0 Å². The molecule has 0 aliphatic heterocycles. The molecule has 1 aromatic heterocycles. The number of esters is 5. The Labute approximate surface area is 394 Å². The Morgan fingerprint density at radius 3 is 1.11 bits per heavy atom. The quantitative estimate of drug-likeness (QED) is 0.0372. The van der Waals surface area contributed by atoms with E-state index in [4.69, 9.17) is 23.7 Å². The van der Waals surface area contributed by atoms with Crippen molar-refractivity contribution in [1.82, 2.24) is 10.2 Å². The van der Waals surface area contributed by atoms with Crippen LogP contribution in [0.2, 0.25) is 0 Å². The number of carbonyl (C=O) groups excluding carboxylic acids is 5. The summed E-state index contributed by atoms with van der Waals surface area (Å²) in [5, 5.41) is 119. The molecule has 0 aliphatic rings. The zero-order valence-corrected chi connectivity index (χ0v) is 35.6. The highest BCUT2D eigenvalue weighted by Crippen LogP contribution is 2.43. The maximum Gasteiger partial charge on any atom is 0.343 e. The molecule has 71 heavy (non-hydrogen) atoms. The van der Waals surface area contributed by atoms with Crippen molar-refractivity contribution >= 4 is 29.8 Å². The molecule has 364 valence electrons. The van der Waals surface area contributed by atoms with Crippen LogP contribution < -0.4 is 18.9 Å². The molecule has 0 saturated heterocycles. The molecular weight excluding hydrogens is 948 g/mol. The van der Waals surface area contributed by atoms with E-state index in [9.17, 15) is 84.5 Å². The third-order valence-electron chi connectivity index (χ3n) is 9.90. The van der Waals surface area contributed by atoms with Gasteiger partial charge in [0.1, 0.15) is 12.4 Å². The van der Waals surface area contributed by atoms with E-state index < -0.39 is 144 Å². The molecule has 0 spiro atoms. The Morgan fingerprint density at radius 2 is 0.746 bits per heavy atom. The first-order valence-electron chi connectivity index (χ1n) is 20.0. The largest absolute Gasteiger partial charge is 0.504 e. The summed E-state index contributed by atoms with van der Waals surface area (Å²) in [7, 11) is 0. The Balaban J connectivity index is 1.02. The standard InChI is InChI=1S/C47H33FN2O21/c48-25-4-1-19(2-5-25)3-6-26-17-27(50-49-26)18-67-43(62)21-9-30(53)39(58)34(13-21)69-45(64)23-11-32(55)41(60)36(15-23)71-47(66)24-12-33(56)42(61)37(16-24)70-46(65)22-10-31(54)40(59)35(14-22)68-44(63)20-7-28(51)38(57)29(52)8-20/h1-2,4-5,7-17,51-61H,3,6,18H2,(H,49,50). The predicted molar refractivity (Wildman–Crippen MR) is 232 cm³/mol. The molecular formula is C47H33FN2O21. The van der Waals surface area contributed by atoms with Gasteiger partial charge in [0.15, 0.2) is 63.2 Å². The average Bonchev–Trinajstić information content (AvgIpc) is 3.80. The van der Waals surface area contributed by atoms with Crippen LogP contribution in [0.4, 0.5) is 4.39 Å². The van der Waals surface area contributed by atoms with Gasteiger partial charge in [-0.15, -0.1) is 0 Å². The van der Waals surface area contributed by atoms with Crippen LogP contribution in [0.1, 0.15) is 68.7 Å². The maximum absolute atomic E-state index is 13.3. The van der Waals surface area contributed by atoms with Crippen LogP contribution in [0.3, 0.4) is 0 Å². The molecule has 0 fully saturated rings. The Morgan fingerprint density at radius 1 is 0.423 bits per heavy atom. The van der Waals surface area contributed by atoms with Crippen LogP contribution in [-0.4, -0.2) is 96.2 Å². The fourth-order valence-corrected chi connectivity index (χ4v) is 6.27. The number of aromatic hydroxyl groups is 11. The van der Waals surface area contributed by atoms with Crippen LogP contribution >= 0.6 is 0 Å². The summed E-state index contributed by atoms with van der Waals surface area (Å²) < 4.78 is 38.8. The zero-order valence-electron chi connectivity index (χ0n) is 35.6. The van der Waals surface area contributed by atoms with Crippen molar-refractivity contribution in [2.45, 2.75) is 19.4 Å². The summed E-state index contributed by atoms with van der Waals surface area (Å²) in [5.74, 6) is -22.2. The average molecular weight is 981 g/mol. The number of aromatic nitrogens is 2. The van der Waals surface area contributed by atoms with E-state index in [1.54, 1.807) is 18.2 Å². The number of hydrogen-bond donors (Lipinski definition) is 12. The number of hydrogen-bond acceptors (Lipinski definition) is 22. The third kappa shape index (κ3) is 10.9. The van der Waals surface area contributed by atoms with E-state index in [0.29, 0.717) is 72.8 Å². The molecule has 24 heteroatoms. The molecule has 23 nitrogen and oxygen atoms in total. The van der Waals surface area contributed by atoms with E-state index in [-0.39, 0.29) is 12.4 Å². The van der Waals surface area contributed by atoms with Crippen LogP contribution in [0.15, 0.2) is 91.0 Å². The molecule has 0 saturated carbocycles. The minimum atomic E-state index is -1.51. The molecule has 0 radical (unpaired) electrons. The van der Waals surface area contributed by atoms with Gasteiger partial charge in [-0.25, -0.2) is 28.4 Å². The zero-order chi connectivity index (χ0) is 51.4. The smallest absolute Gasteiger partial charge is 0.343 e. The van der Waals surface area contributed by atoms with Crippen molar-refractivity contribution in [3.8, 4) is 86.2 Å². The van der Waals surface area contributed by atoms with Gasteiger partial charge in [-0.2, -0.15) is 5.10 Å². The first-order valence-corrected chi connectivity index (χ1v) is 20.0. The first kappa shape index (κ1) is 48.5. The van der Waals surface area contributed by atoms with E-state index in [1.165, 1.54) is 12.1 Å². The highest BCUT2D eigenvalue weighted by atomic mass is 19.1. The molecule has 7 rings (SSSR count). The molecule has 0 amide bonds. The number of carbonyl (C=O) groups is 5. The number of rotatable bonds is 14. The molecule has 0 atom stereocenters. The third-order valence-corrected chi connectivity index (χ3v) is 9.90. The lowest BCUT2D eigenvalue weighted by molar-refractivity contribution is 0.0464. The number of H-pyrrole nitrogens is 1. The second-order valence-electron chi connectivity index (χ2n) is 14.9. The van der Waals surface area contributed by atoms with Gasteiger partial charge in [0, 0.05) is 0 Å². The summed E-state index contributed by atoms with van der Waals surface area (Å²) in [5.41, 5.74) is -1.21. The fourth-order valence-electron chi connectivity index (χ4n) is 6.27. The van der Waals surface area contributed by atoms with Gasteiger partial charge in [0.25, 0.3) is 0 Å². The van der Waals surface area contributed by atoms with Gasteiger partial charge >= 0.3 is 29.8 Å². The van der Waals surface area contributed by atoms with Crippen molar-refractivity contribution in [2.75, 3.05) is 0 Å². The molecule has 0 bridgehead atoms. The number of phenolic OH excluding ortho intramolecular Hbond substituents is 11. The number of aryl methyl sites for hydroxylation is 2. The molecule has 0 aliphatic carbocycles. The Kier molecular flexibility index (Phi) is 13.6. The highest BCUT2D eigenvalue weighted by Gasteiger charge is 2.27. The van der Waals surface area contributed by atoms with E-state index in [1.807, 2.05) is 0 Å². The summed E-state index contributed by atoms with van der Waals surface area (Å²) in [4.78, 5) is 65.4. The van der Waals surface area contributed by atoms with Crippen LogP contribution in [0, 0.1) is 5.82 Å². The molecule has 1 heterocycles. The summed E-state index contributed by atoms with van der Waals surface area (Å²) in [6, 6.07) is 14.4. The number of nitrogens with zero attached hydrogens (tertiary/aromatic N) is 1. The normalized spacial score (nSPS) is 10.8. The monoisotopic (exact) mass is 980 g/mol. The lowest BCUT2D eigenvalue weighted by atomic mass is 10.1. The lowest BCUT2D eigenvalue weighted by Crippen LogP contribution is -2.13. The molecule has 7 aromatic rings. The van der Waals surface area contributed by atoms with E-state index >= 15 is 0 Å². The molecule has 0 unspecified atom stereocenters. The van der Waals surface area contributed by atoms with Gasteiger partial charge in [-0.05, 0) is 97.3 Å². The number of benzene rings is 6. The van der Waals surface area contributed by atoms with Crippen molar-refractivity contribution < 1.29 is 108 Å². The fraction of sp³-hybridized carbons (Fsp3) is 0.0638.